The van der Waals surface area contributed by atoms with Crippen molar-refractivity contribution in [2.75, 3.05) is 39.5 Å². The van der Waals surface area contributed by atoms with E-state index in [2.05, 4.69) is 15.0 Å². The molecule has 3 N–H and O–H groups in total. The standard InChI is InChI=1S/3C9H9NO2.Mn/c3*11-8-4-2-1-3-7(8)9-10-5-6-12-9;/h3*1-4,11H,5-6H2;. The fourth-order valence-corrected chi connectivity index (χ4v) is 3.46. The normalized spacial score (nSPS) is 15.1. The number of nitrogens with zero attached hydrogens (tertiary/aromatic N) is 3. The number of hydrogen-bond acceptors (Lipinski definition) is 9. The van der Waals surface area contributed by atoms with Crippen LogP contribution < -0.4 is 0 Å². The molecule has 0 bridgehead atoms. The van der Waals surface area contributed by atoms with E-state index in [9.17, 15) is 15.3 Å². The van der Waals surface area contributed by atoms with E-state index in [4.69, 9.17) is 14.2 Å². The fourth-order valence-electron chi connectivity index (χ4n) is 3.46. The summed E-state index contributed by atoms with van der Waals surface area (Å²) in [6.45, 7) is 3.90. The van der Waals surface area contributed by atoms with E-state index < -0.39 is 0 Å². The maximum absolute atomic E-state index is 9.41. The number of aliphatic imine (C=N–C) groups is 3. The van der Waals surface area contributed by atoms with E-state index in [1.54, 1.807) is 54.6 Å². The van der Waals surface area contributed by atoms with Crippen LogP contribution in [0, 0.1) is 0 Å². The Balaban J connectivity index is 0.000000152. The van der Waals surface area contributed by atoms with Gasteiger partial charge in [-0.15, -0.1) is 0 Å². The molecule has 3 aliphatic rings. The average molecular weight is 544 g/mol. The number of benzene rings is 3. The Morgan fingerprint density at radius 1 is 0.459 bits per heavy atom. The Morgan fingerprint density at radius 3 is 0.946 bits per heavy atom. The van der Waals surface area contributed by atoms with Crippen molar-refractivity contribution in [3.8, 4) is 17.2 Å². The van der Waals surface area contributed by atoms with Gasteiger partial charge in [0.05, 0.1) is 36.3 Å². The molecular weight excluding hydrogens is 517 g/mol. The summed E-state index contributed by atoms with van der Waals surface area (Å²) in [5, 5.41) is 28.2. The summed E-state index contributed by atoms with van der Waals surface area (Å²) in [6.07, 6.45) is 0. The second-order valence-corrected chi connectivity index (χ2v) is 7.66. The van der Waals surface area contributed by atoms with Gasteiger partial charge in [0, 0.05) is 17.1 Å². The number of para-hydroxylation sites is 3. The van der Waals surface area contributed by atoms with Crippen LogP contribution in [0.2, 0.25) is 0 Å². The zero-order valence-corrected chi connectivity index (χ0v) is 21.1. The molecule has 3 aliphatic heterocycles. The van der Waals surface area contributed by atoms with Crippen molar-refractivity contribution in [3.63, 3.8) is 0 Å². The monoisotopic (exact) mass is 544 g/mol. The molecule has 9 nitrogen and oxygen atoms in total. The van der Waals surface area contributed by atoms with Crippen molar-refractivity contribution in [1.82, 2.24) is 0 Å². The van der Waals surface area contributed by atoms with Gasteiger partial charge in [0.2, 0.25) is 17.7 Å². The van der Waals surface area contributed by atoms with Gasteiger partial charge in [-0.05, 0) is 36.4 Å². The summed E-state index contributed by atoms with van der Waals surface area (Å²) in [7, 11) is 0. The third-order valence-electron chi connectivity index (χ3n) is 5.16. The Morgan fingerprint density at radius 2 is 0.730 bits per heavy atom. The average Bonchev–Trinajstić information content (AvgIpc) is 3.70. The van der Waals surface area contributed by atoms with Gasteiger partial charge in [-0.1, -0.05) is 36.4 Å². The van der Waals surface area contributed by atoms with Gasteiger partial charge in [0.1, 0.15) is 37.1 Å². The van der Waals surface area contributed by atoms with Gasteiger partial charge in [-0.3, -0.25) is 0 Å². The number of hydrogen-bond donors (Lipinski definition) is 3. The van der Waals surface area contributed by atoms with Crippen molar-refractivity contribution in [3.05, 3.63) is 89.5 Å². The molecule has 0 spiro atoms. The summed E-state index contributed by atoms with van der Waals surface area (Å²) < 4.78 is 15.6. The second-order valence-electron chi connectivity index (χ2n) is 7.66. The minimum absolute atomic E-state index is 0. The minimum atomic E-state index is 0. The van der Waals surface area contributed by atoms with Crippen molar-refractivity contribution in [2.24, 2.45) is 15.0 Å². The summed E-state index contributed by atoms with van der Waals surface area (Å²) in [6, 6.07) is 21.1. The number of phenolic OH excluding ortho intramolecular Hbond substituents is 3. The van der Waals surface area contributed by atoms with Crippen molar-refractivity contribution < 1.29 is 46.6 Å². The maximum Gasteiger partial charge on any atom is 0.220 e. The third-order valence-corrected chi connectivity index (χ3v) is 5.16. The Hall–Kier alpha value is -4.01. The van der Waals surface area contributed by atoms with E-state index in [1.165, 1.54) is 0 Å². The molecule has 1 radical (unpaired) electrons. The van der Waals surface area contributed by atoms with E-state index in [0.29, 0.717) is 73.8 Å². The van der Waals surface area contributed by atoms with Crippen LogP contribution in [0.5, 0.6) is 17.2 Å². The zero-order chi connectivity index (χ0) is 25.2. The summed E-state index contributed by atoms with van der Waals surface area (Å²) in [4.78, 5) is 12.3. The van der Waals surface area contributed by atoms with Crippen LogP contribution in [0.15, 0.2) is 87.8 Å². The largest absolute Gasteiger partial charge is 0.507 e. The predicted octanol–water partition coefficient (Wildman–Crippen LogP) is 3.50. The van der Waals surface area contributed by atoms with Crippen LogP contribution in [-0.4, -0.2) is 72.5 Å². The SMILES string of the molecule is Oc1ccccc1C1=NCCO1.Oc1ccccc1C1=NCCO1.Oc1ccccc1C1=NCCO1.[Mn]. The zero-order valence-electron chi connectivity index (χ0n) is 20.0. The molecule has 0 amide bonds. The summed E-state index contributed by atoms with van der Waals surface area (Å²) >= 11 is 0. The molecule has 0 saturated heterocycles. The van der Waals surface area contributed by atoms with Gasteiger partial charge in [-0.2, -0.15) is 0 Å². The smallest absolute Gasteiger partial charge is 0.220 e. The van der Waals surface area contributed by atoms with E-state index in [-0.39, 0.29) is 34.3 Å². The van der Waals surface area contributed by atoms with E-state index in [0.717, 1.165) is 0 Å². The number of rotatable bonds is 3. The third kappa shape index (κ3) is 7.49. The van der Waals surface area contributed by atoms with E-state index in [1.807, 2.05) is 18.2 Å². The molecule has 0 aliphatic carbocycles. The molecule has 0 atom stereocenters. The minimum Gasteiger partial charge on any atom is -0.507 e. The topological polar surface area (TPSA) is 125 Å². The van der Waals surface area contributed by atoms with Crippen LogP contribution in [0.25, 0.3) is 0 Å². The van der Waals surface area contributed by atoms with Gasteiger partial charge in [0.15, 0.2) is 0 Å². The Kier molecular flexibility index (Phi) is 10.4. The Bertz CT molecular complexity index is 1120. The first-order chi connectivity index (χ1) is 17.6. The van der Waals surface area contributed by atoms with Crippen molar-refractivity contribution in [2.45, 2.75) is 0 Å². The molecule has 6 rings (SSSR count). The molecule has 0 unspecified atom stereocenters. The molecule has 37 heavy (non-hydrogen) atoms. The molecule has 3 aromatic rings. The van der Waals surface area contributed by atoms with Gasteiger partial charge in [-0.25, -0.2) is 15.0 Å². The number of aromatic hydroxyl groups is 3. The second kappa shape index (κ2) is 13.9. The molecule has 0 saturated carbocycles. The van der Waals surface area contributed by atoms with Crippen LogP contribution in [0.4, 0.5) is 0 Å². The van der Waals surface area contributed by atoms with Crippen molar-refractivity contribution in [1.29, 1.82) is 0 Å². The van der Waals surface area contributed by atoms with Crippen LogP contribution >= 0.6 is 0 Å². The molecule has 10 heteroatoms. The summed E-state index contributed by atoms with van der Waals surface area (Å²) in [5.74, 6) is 2.31. The van der Waals surface area contributed by atoms with Gasteiger partial charge in [0.25, 0.3) is 0 Å². The molecular formula is C27H27MnN3O6. The molecule has 0 fully saturated rings. The maximum atomic E-state index is 9.41. The number of phenols is 3. The van der Waals surface area contributed by atoms with Gasteiger partial charge >= 0.3 is 0 Å². The first-order valence-corrected chi connectivity index (χ1v) is 11.5. The van der Waals surface area contributed by atoms with E-state index >= 15 is 0 Å². The molecule has 0 aromatic heterocycles. The molecule has 3 aromatic carbocycles. The molecule has 193 valence electrons. The fraction of sp³-hybridized carbons (Fsp3) is 0.222. The van der Waals surface area contributed by atoms with Gasteiger partial charge < -0.3 is 29.5 Å². The number of ether oxygens (including phenoxy) is 3. The van der Waals surface area contributed by atoms with Crippen molar-refractivity contribution >= 4 is 17.7 Å². The Labute approximate surface area is 225 Å². The first-order valence-electron chi connectivity index (χ1n) is 11.5. The molecule has 3 heterocycles. The predicted molar refractivity (Wildman–Crippen MR) is 136 cm³/mol. The summed E-state index contributed by atoms with van der Waals surface area (Å²) in [5.41, 5.74) is 2.03. The first kappa shape index (κ1) is 27.6. The van der Waals surface area contributed by atoms with Crippen LogP contribution in [0.1, 0.15) is 16.7 Å². The van der Waals surface area contributed by atoms with Crippen LogP contribution in [-0.2, 0) is 31.3 Å². The quantitative estimate of drug-likeness (QED) is 0.434. The van der Waals surface area contributed by atoms with Crippen LogP contribution in [0.3, 0.4) is 0 Å².